The maximum absolute atomic E-state index is 12.1. The van der Waals surface area contributed by atoms with Gasteiger partial charge in [0.1, 0.15) is 0 Å². The van der Waals surface area contributed by atoms with Crippen molar-refractivity contribution in [3.05, 3.63) is 70.2 Å². The fourth-order valence-electron chi connectivity index (χ4n) is 2.67. The molecule has 2 N–H and O–H groups in total. The molecule has 0 aliphatic heterocycles. The van der Waals surface area contributed by atoms with Crippen molar-refractivity contribution in [2.24, 2.45) is 0 Å². The fourth-order valence-corrected chi connectivity index (χ4v) is 2.79. The third kappa shape index (κ3) is 4.15. The summed E-state index contributed by atoms with van der Waals surface area (Å²) in [7, 11) is 3.36. The molecule has 3 aromatic rings. The Hall–Kier alpha value is -3.32. The highest BCUT2D eigenvalue weighted by Gasteiger charge is 2.23. The van der Waals surface area contributed by atoms with E-state index in [0.717, 1.165) is 5.56 Å². The molecule has 144 valence electrons. The van der Waals surface area contributed by atoms with Gasteiger partial charge in [0.15, 0.2) is 17.1 Å². The molecule has 1 amide bonds. The Kier molecular flexibility index (Phi) is 5.65. The SMILES string of the molecule is CN(C)C(=O)c1cccc(CNc2noc(-c3ccc(Cl)cc3)c2C(=O)O)c1. The van der Waals surface area contributed by atoms with Crippen LogP contribution in [0.25, 0.3) is 11.3 Å². The summed E-state index contributed by atoms with van der Waals surface area (Å²) in [6, 6.07) is 13.7. The zero-order valence-electron chi connectivity index (χ0n) is 15.3. The standard InChI is InChI=1S/C20H18ClN3O4/c1-24(2)19(25)14-5-3-4-12(10-14)11-22-18-16(20(26)27)17(28-23-18)13-6-8-15(21)9-7-13/h3-10H,11H2,1-2H3,(H,22,23)(H,26,27). The van der Waals surface area contributed by atoms with Crippen LogP contribution >= 0.6 is 11.6 Å². The van der Waals surface area contributed by atoms with Crippen LogP contribution in [0, 0.1) is 0 Å². The van der Waals surface area contributed by atoms with Crippen LogP contribution in [0.15, 0.2) is 53.1 Å². The summed E-state index contributed by atoms with van der Waals surface area (Å²) in [5, 5.41) is 17.0. The van der Waals surface area contributed by atoms with Gasteiger partial charge in [-0.1, -0.05) is 28.9 Å². The maximum atomic E-state index is 12.1. The second-order valence-electron chi connectivity index (χ2n) is 6.30. The van der Waals surface area contributed by atoms with Gasteiger partial charge in [-0.05, 0) is 42.0 Å². The van der Waals surface area contributed by atoms with Crippen molar-refractivity contribution in [2.45, 2.75) is 6.54 Å². The van der Waals surface area contributed by atoms with Crippen molar-refractivity contribution in [1.82, 2.24) is 10.1 Å². The monoisotopic (exact) mass is 399 g/mol. The quantitative estimate of drug-likeness (QED) is 0.650. The minimum absolute atomic E-state index is 0.0668. The molecule has 0 unspecified atom stereocenters. The van der Waals surface area contributed by atoms with Gasteiger partial charge in [0, 0.05) is 36.8 Å². The Bertz CT molecular complexity index is 1010. The smallest absolute Gasteiger partial charge is 0.343 e. The van der Waals surface area contributed by atoms with Gasteiger partial charge >= 0.3 is 5.97 Å². The number of anilines is 1. The number of hydrogen-bond acceptors (Lipinski definition) is 5. The number of carbonyl (C=O) groups excluding carboxylic acids is 1. The van der Waals surface area contributed by atoms with Crippen LogP contribution in [-0.4, -0.2) is 41.1 Å². The number of nitrogens with zero attached hydrogens (tertiary/aromatic N) is 2. The number of carboxylic acid groups (broad SMARTS) is 1. The summed E-state index contributed by atoms with van der Waals surface area (Å²) in [6.45, 7) is 0.279. The summed E-state index contributed by atoms with van der Waals surface area (Å²) in [6.07, 6.45) is 0. The van der Waals surface area contributed by atoms with Gasteiger partial charge in [0.05, 0.1) is 0 Å². The molecular formula is C20H18ClN3O4. The highest BCUT2D eigenvalue weighted by molar-refractivity contribution is 6.30. The van der Waals surface area contributed by atoms with E-state index in [-0.39, 0.29) is 29.6 Å². The lowest BCUT2D eigenvalue weighted by Crippen LogP contribution is -2.21. The zero-order valence-corrected chi connectivity index (χ0v) is 16.0. The van der Waals surface area contributed by atoms with Gasteiger partial charge in [-0.3, -0.25) is 4.79 Å². The molecule has 0 spiro atoms. The number of aromatic carboxylic acids is 1. The summed E-state index contributed by atoms with van der Waals surface area (Å²) in [5.41, 5.74) is 1.84. The van der Waals surface area contributed by atoms with Crippen molar-refractivity contribution in [3.63, 3.8) is 0 Å². The molecule has 0 atom stereocenters. The topological polar surface area (TPSA) is 95.7 Å². The number of carboxylic acids is 1. The normalized spacial score (nSPS) is 10.5. The third-order valence-corrected chi connectivity index (χ3v) is 4.30. The zero-order chi connectivity index (χ0) is 20.3. The number of carbonyl (C=O) groups is 2. The average molecular weight is 400 g/mol. The average Bonchev–Trinajstić information content (AvgIpc) is 3.10. The van der Waals surface area contributed by atoms with Crippen molar-refractivity contribution < 1.29 is 19.2 Å². The number of hydrogen-bond donors (Lipinski definition) is 2. The summed E-state index contributed by atoms with van der Waals surface area (Å²) >= 11 is 5.88. The summed E-state index contributed by atoms with van der Waals surface area (Å²) in [5.74, 6) is -1.02. The number of halogens is 1. The predicted molar refractivity (Wildman–Crippen MR) is 106 cm³/mol. The molecule has 0 fully saturated rings. The highest BCUT2D eigenvalue weighted by atomic mass is 35.5. The first-order chi connectivity index (χ1) is 13.4. The van der Waals surface area contributed by atoms with Crippen LogP contribution < -0.4 is 5.32 Å². The van der Waals surface area contributed by atoms with E-state index in [4.69, 9.17) is 16.1 Å². The molecule has 1 aromatic heterocycles. The predicted octanol–water partition coefficient (Wildman–Crippen LogP) is 4.01. The molecule has 0 saturated heterocycles. The molecule has 7 nitrogen and oxygen atoms in total. The molecule has 8 heteroatoms. The fraction of sp³-hybridized carbons (Fsp3) is 0.150. The number of aromatic nitrogens is 1. The molecule has 0 bridgehead atoms. The second-order valence-corrected chi connectivity index (χ2v) is 6.74. The first-order valence-corrected chi connectivity index (χ1v) is 8.78. The molecule has 1 heterocycles. The van der Waals surface area contributed by atoms with E-state index in [9.17, 15) is 14.7 Å². The Balaban J connectivity index is 1.84. The maximum Gasteiger partial charge on any atom is 0.343 e. The Morgan fingerprint density at radius 3 is 2.54 bits per heavy atom. The Morgan fingerprint density at radius 1 is 1.18 bits per heavy atom. The lowest BCUT2D eigenvalue weighted by molar-refractivity contribution is 0.0697. The molecule has 0 radical (unpaired) electrons. The largest absolute Gasteiger partial charge is 0.477 e. The van der Waals surface area contributed by atoms with Crippen LogP contribution in [-0.2, 0) is 6.54 Å². The van der Waals surface area contributed by atoms with Crippen LogP contribution in [0.3, 0.4) is 0 Å². The van der Waals surface area contributed by atoms with Crippen LogP contribution in [0.5, 0.6) is 0 Å². The lowest BCUT2D eigenvalue weighted by atomic mass is 10.1. The van der Waals surface area contributed by atoms with Crippen LogP contribution in [0.4, 0.5) is 5.82 Å². The van der Waals surface area contributed by atoms with E-state index < -0.39 is 5.97 Å². The van der Waals surface area contributed by atoms with E-state index >= 15 is 0 Å². The van der Waals surface area contributed by atoms with Gasteiger partial charge in [-0.15, -0.1) is 0 Å². The van der Waals surface area contributed by atoms with Crippen LogP contribution in [0.2, 0.25) is 5.02 Å². The van der Waals surface area contributed by atoms with Gasteiger partial charge in [-0.25, -0.2) is 4.79 Å². The molecule has 2 aromatic carbocycles. The summed E-state index contributed by atoms with van der Waals surface area (Å²) in [4.78, 5) is 25.3. The molecule has 28 heavy (non-hydrogen) atoms. The Morgan fingerprint density at radius 2 is 1.89 bits per heavy atom. The highest BCUT2D eigenvalue weighted by Crippen LogP contribution is 2.30. The first kappa shape index (κ1) is 19.4. The third-order valence-electron chi connectivity index (χ3n) is 4.05. The van der Waals surface area contributed by atoms with Gasteiger partial charge in [0.2, 0.25) is 0 Å². The van der Waals surface area contributed by atoms with Crippen molar-refractivity contribution >= 4 is 29.3 Å². The van der Waals surface area contributed by atoms with Crippen LogP contribution in [0.1, 0.15) is 26.3 Å². The minimum atomic E-state index is -1.16. The second kappa shape index (κ2) is 8.14. The van der Waals surface area contributed by atoms with E-state index in [1.54, 1.807) is 56.6 Å². The van der Waals surface area contributed by atoms with E-state index in [1.165, 1.54) is 4.90 Å². The molecule has 0 aliphatic carbocycles. The molecule has 0 saturated carbocycles. The van der Waals surface area contributed by atoms with Crippen molar-refractivity contribution in [1.29, 1.82) is 0 Å². The van der Waals surface area contributed by atoms with Crippen molar-refractivity contribution in [2.75, 3.05) is 19.4 Å². The van der Waals surface area contributed by atoms with E-state index in [0.29, 0.717) is 16.1 Å². The summed E-state index contributed by atoms with van der Waals surface area (Å²) < 4.78 is 5.27. The van der Waals surface area contributed by atoms with Gasteiger partial charge < -0.3 is 19.8 Å². The Labute approximate surface area is 166 Å². The number of rotatable bonds is 6. The number of benzene rings is 2. The first-order valence-electron chi connectivity index (χ1n) is 8.40. The van der Waals surface area contributed by atoms with E-state index in [2.05, 4.69) is 10.5 Å². The van der Waals surface area contributed by atoms with Gasteiger partial charge in [-0.2, -0.15) is 0 Å². The molecule has 0 aliphatic rings. The lowest BCUT2D eigenvalue weighted by Gasteiger charge is -2.11. The number of amides is 1. The molecule has 3 rings (SSSR count). The molecular weight excluding hydrogens is 382 g/mol. The minimum Gasteiger partial charge on any atom is -0.477 e. The number of nitrogens with one attached hydrogen (secondary N) is 1. The van der Waals surface area contributed by atoms with E-state index in [1.807, 2.05) is 6.07 Å². The van der Waals surface area contributed by atoms with Crippen molar-refractivity contribution in [3.8, 4) is 11.3 Å². The van der Waals surface area contributed by atoms with Gasteiger partial charge in [0.25, 0.3) is 5.91 Å².